The minimum absolute atomic E-state index is 0.683. The van der Waals surface area contributed by atoms with Gasteiger partial charge in [0, 0.05) is 31.2 Å². The fourth-order valence-corrected chi connectivity index (χ4v) is 2.53. The third-order valence-electron chi connectivity index (χ3n) is 3.21. The number of hydrogen-bond donors (Lipinski definition) is 0. The largest absolute Gasteiger partial charge is 0.350 e. The number of hydrogen-bond acceptors (Lipinski definition) is 4. The van der Waals surface area contributed by atoms with Gasteiger partial charge in [-0.15, -0.1) is 5.10 Å². The van der Waals surface area contributed by atoms with Crippen molar-refractivity contribution < 1.29 is 0 Å². The molecule has 0 saturated carbocycles. The zero-order valence-electron chi connectivity index (χ0n) is 11.0. The van der Waals surface area contributed by atoms with Crippen LogP contribution in [-0.2, 0) is 14.1 Å². The van der Waals surface area contributed by atoms with Gasteiger partial charge in [0.15, 0.2) is 5.82 Å². The van der Waals surface area contributed by atoms with Crippen molar-refractivity contribution in [1.29, 1.82) is 0 Å². The van der Waals surface area contributed by atoms with Crippen LogP contribution in [0.25, 0.3) is 22.3 Å². The number of pyridine rings is 1. The number of benzene rings is 1. The van der Waals surface area contributed by atoms with E-state index < -0.39 is 0 Å². The Morgan fingerprint density at radius 2 is 2.00 bits per heavy atom. The third kappa shape index (κ3) is 1.84. The molecule has 0 N–H and O–H groups in total. The molecule has 6 heteroatoms. The highest BCUT2D eigenvalue weighted by Crippen LogP contribution is 2.25. The maximum atomic E-state index is 5.58. The third-order valence-corrected chi connectivity index (χ3v) is 3.65. The van der Waals surface area contributed by atoms with Crippen LogP contribution in [0.1, 0.15) is 5.56 Å². The van der Waals surface area contributed by atoms with Crippen LogP contribution in [0.2, 0.25) is 0 Å². The smallest absolute Gasteiger partial charge is 0.184 e. The lowest BCUT2D eigenvalue weighted by atomic mass is 10.1. The lowest BCUT2D eigenvalue weighted by Gasteiger charge is -2.10. The maximum absolute atomic E-state index is 5.58. The topological polar surface area (TPSA) is 48.5 Å². The highest BCUT2D eigenvalue weighted by Gasteiger charge is 2.11. The van der Waals surface area contributed by atoms with Crippen molar-refractivity contribution >= 4 is 23.1 Å². The van der Waals surface area contributed by atoms with Crippen LogP contribution >= 0.6 is 12.2 Å². The Morgan fingerprint density at radius 3 is 2.68 bits per heavy atom. The van der Waals surface area contributed by atoms with Gasteiger partial charge in [0.05, 0.1) is 10.1 Å². The second-order valence-electron chi connectivity index (χ2n) is 4.63. The summed E-state index contributed by atoms with van der Waals surface area (Å²) in [5, 5.41) is 12.6. The summed E-state index contributed by atoms with van der Waals surface area (Å²) in [6.45, 7) is 2.07. The molecule has 5 nitrogen and oxygen atoms in total. The zero-order valence-corrected chi connectivity index (χ0v) is 11.8. The molecular weight excluding hydrogens is 258 g/mol. The molecule has 0 aliphatic rings. The van der Waals surface area contributed by atoms with Crippen molar-refractivity contribution in [3.8, 4) is 11.4 Å². The van der Waals surface area contributed by atoms with Crippen molar-refractivity contribution in [3.63, 3.8) is 0 Å². The minimum atomic E-state index is 0.683. The van der Waals surface area contributed by atoms with Gasteiger partial charge in [-0.25, -0.2) is 4.68 Å². The van der Waals surface area contributed by atoms with Crippen LogP contribution in [0.15, 0.2) is 24.4 Å². The molecule has 0 aliphatic heterocycles. The molecule has 0 amide bonds. The number of nitrogens with zero attached hydrogens (tertiary/aromatic N) is 5. The minimum Gasteiger partial charge on any atom is -0.350 e. The van der Waals surface area contributed by atoms with Crippen molar-refractivity contribution in [2.24, 2.45) is 14.1 Å². The first kappa shape index (κ1) is 12.0. The molecule has 0 spiro atoms. The Morgan fingerprint density at radius 1 is 1.21 bits per heavy atom. The average molecular weight is 271 g/mol. The maximum Gasteiger partial charge on any atom is 0.184 e. The summed E-state index contributed by atoms with van der Waals surface area (Å²) in [6, 6.07) is 6.25. The van der Waals surface area contributed by atoms with E-state index >= 15 is 0 Å². The summed E-state index contributed by atoms with van der Waals surface area (Å²) in [7, 11) is 3.81. The fourth-order valence-electron chi connectivity index (χ4n) is 2.21. The lowest BCUT2D eigenvalue weighted by Crippen LogP contribution is -2.00. The van der Waals surface area contributed by atoms with Crippen molar-refractivity contribution in [2.75, 3.05) is 0 Å². The van der Waals surface area contributed by atoms with Gasteiger partial charge in [-0.1, -0.05) is 24.4 Å². The van der Waals surface area contributed by atoms with E-state index in [0.29, 0.717) is 5.82 Å². The van der Waals surface area contributed by atoms with Gasteiger partial charge >= 0.3 is 0 Å². The fraction of sp³-hybridized carbons (Fsp3) is 0.231. The van der Waals surface area contributed by atoms with Crippen LogP contribution in [0.4, 0.5) is 0 Å². The highest BCUT2D eigenvalue weighted by atomic mass is 32.1. The van der Waals surface area contributed by atoms with Crippen LogP contribution in [-0.4, -0.2) is 24.8 Å². The molecule has 96 valence electrons. The van der Waals surface area contributed by atoms with Crippen LogP contribution in [0.5, 0.6) is 0 Å². The SMILES string of the molecule is Cc1ccc2c(=S)c(-c3nnnn3C)cn(C)c2c1. The van der Waals surface area contributed by atoms with E-state index in [9.17, 15) is 0 Å². The molecule has 2 heterocycles. The van der Waals surface area contributed by atoms with Crippen LogP contribution < -0.4 is 0 Å². The summed E-state index contributed by atoms with van der Waals surface area (Å²) in [5.74, 6) is 0.683. The normalized spacial score (nSPS) is 11.1. The Bertz CT molecular complexity index is 831. The molecule has 3 aromatic rings. The van der Waals surface area contributed by atoms with Crippen LogP contribution in [0.3, 0.4) is 0 Å². The summed E-state index contributed by atoms with van der Waals surface area (Å²) in [6.07, 6.45) is 1.98. The Kier molecular flexibility index (Phi) is 2.67. The molecule has 0 unspecified atom stereocenters. The average Bonchev–Trinajstić information content (AvgIpc) is 2.80. The first-order valence-electron chi connectivity index (χ1n) is 5.90. The van der Waals surface area contributed by atoms with Gasteiger partial charge in [0.2, 0.25) is 0 Å². The molecule has 3 rings (SSSR count). The summed E-state index contributed by atoms with van der Waals surface area (Å²) >= 11 is 5.58. The molecule has 0 aliphatic carbocycles. The second kappa shape index (κ2) is 4.24. The summed E-state index contributed by atoms with van der Waals surface area (Å²) < 4.78 is 4.47. The van der Waals surface area contributed by atoms with E-state index in [2.05, 4.69) is 45.2 Å². The first-order valence-corrected chi connectivity index (χ1v) is 6.31. The quantitative estimate of drug-likeness (QED) is 0.638. The Balaban J connectivity index is 2.41. The molecule has 0 radical (unpaired) electrons. The molecule has 0 bridgehead atoms. The van der Waals surface area contributed by atoms with Gasteiger partial charge in [-0.2, -0.15) is 0 Å². The predicted molar refractivity (Wildman–Crippen MR) is 76.3 cm³/mol. The molecular formula is C13H13N5S. The predicted octanol–water partition coefficient (Wildman–Crippen LogP) is 2.41. The number of fused-ring (bicyclic) bond motifs is 1. The zero-order chi connectivity index (χ0) is 13.6. The summed E-state index contributed by atoms with van der Waals surface area (Å²) in [5.41, 5.74) is 3.20. The number of rotatable bonds is 1. The Hall–Kier alpha value is -2.08. The molecule has 0 atom stereocenters. The van der Waals surface area contributed by atoms with E-state index in [-0.39, 0.29) is 0 Å². The van der Waals surface area contributed by atoms with Crippen molar-refractivity contribution in [1.82, 2.24) is 24.8 Å². The van der Waals surface area contributed by atoms with E-state index in [1.807, 2.05) is 20.3 Å². The summed E-state index contributed by atoms with van der Waals surface area (Å²) in [4.78, 5) is 0. The van der Waals surface area contributed by atoms with Gasteiger partial charge < -0.3 is 4.57 Å². The van der Waals surface area contributed by atoms with Crippen molar-refractivity contribution in [2.45, 2.75) is 6.92 Å². The molecule has 0 saturated heterocycles. The number of tetrazole rings is 1. The standard InChI is InChI=1S/C13H13N5S/c1-8-4-5-9-11(6-8)17(2)7-10(12(9)19)13-14-15-16-18(13)3/h4-7H,1-3H3. The number of aryl methyl sites for hydroxylation is 3. The lowest BCUT2D eigenvalue weighted by molar-refractivity contribution is 0.714. The van der Waals surface area contributed by atoms with Gasteiger partial charge in [0.25, 0.3) is 0 Å². The molecule has 2 aromatic heterocycles. The van der Waals surface area contributed by atoms with Crippen LogP contribution in [0, 0.1) is 11.4 Å². The van der Waals surface area contributed by atoms with E-state index in [1.165, 1.54) is 5.56 Å². The van der Waals surface area contributed by atoms with E-state index in [0.717, 1.165) is 21.0 Å². The Labute approximate surface area is 115 Å². The van der Waals surface area contributed by atoms with E-state index in [4.69, 9.17) is 12.2 Å². The molecule has 1 aromatic carbocycles. The van der Waals surface area contributed by atoms with Gasteiger partial charge in [-0.3, -0.25) is 0 Å². The number of aromatic nitrogens is 5. The monoisotopic (exact) mass is 271 g/mol. The highest BCUT2D eigenvalue weighted by molar-refractivity contribution is 7.71. The van der Waals surface area contributed by atoms with Crippen molar-refractivity contribution in [3.05, 3.63) is 34.5 Å². The molecule has 19 heavy (non-hydrogen) atoms. The van der Waals surface area contributed by atoms with Gasteiger partial charge in [0.1, 0.15) is 0 Å². The van der Waals surface area contributed by atoms with E-state index in [1.54, 1.807) is 4.68 Å². The van der Waals surface area contributed by atoms with Gasteiger partial charge in [-0.05, 0) is 29.0 Å². The first-order chi connectivity index (χ1) is 9.08. The second-order valence-corrected chi connectivity index (χ2v) is 5.04. The molecule has 0 fully saturated rings.